The first-order chi connectivity index (χ1) is 9.65. The highest BCUT2D eigenvalue weighted by Gasteiger charge is 2.15. The number of carbonyl (C=O) groups is 1. The zero-order valence-electron chi connectivity index (χ0n) is 12.7. The van der Waals surface area contributed by atoms with E-state index in [4.69, 9.17) is 5.73 Å². The van der Waals surface area contributed by atoms with Crippen molar-refractivity contribution in [2.75, 3.05) is 33.2 Å². The monoisotopic (exact) mass is 280 g/mol. The van der Waals surface area contributed by atoms with Gasteiger partial charge in [-0.2, -0.15) is 0 Å². The highest BCUT2D eigenvalue weighted by Crippen LogP contribution is 2.11. The summed E-state index contributed by atoms with van der Waals surface area (Å²) in [5.41, 5.74) is 5.89. The number of carbonyl (C=O) groups excluding carboxylic acids is 1. The molecule has 5 heteroatoms. The summed E-state index contributed by atoms with van der Waals surface area (Å²) < 4.78 is 0. The summed E-state index contributed by atoms with van der Waals surface area (Å²) in [6.45, 7) is 6.90. The molecule has 0 spiro atoms. The number of nitrogens with zero attached hydrogens (tertiary/aromatic N) is 3. The van der Waals surface area contributed by atoms with Crippen molar-refractivity contribution in [3.05, 3.63) is 12.7 Å². The molecule has 5 nitrogen and oxygen atoms in total. The van der Waals surface area contributed by atoms with Crippen molar-refractivity contribution in [1.82, 2.24) is 9.80 Å². The van der Waals surface area contributed by atoms with Crippen LogP contribution in [0.15, 0.2) is 17.6 Å². The van der Waals surface area contributed by atoms with Gasteiger partial charge in [-0.3, -0.25) is 9.79 Å². The average Bonchev–Trinajstić information content (AvgIpc) is 2.65. The van der Waals surface area contributed by atoms with Gasteiger partial charge < -0.3 is 15.5 Å². The van der Waals surface area contributed by atoms with Gasteiger partial charge in [0.15, 0.2) is 5.96 Å². The number of guanidine groups is 1. The minimum atomic E-state index is 0.294. The second kappa shape index (κ2) is 9.39. The summed E-state index contributed by atoms with van der Waals surface area (Å²) in [5.74, 6) is 0.858. The van der Waals surface area contributed by atoms with Crippen molar-refractivity contribution < 1.29 is 4.79 Å². The van der Waals surface area contributed by atoms with Crippen LogP contribution in [0.1, 0.15) is 38.5 Å². The van der Waals surface area contributed by atoms with Gasteiger partial charge in [-0.15, -0.1) is 6.58 Å². The minimum absolute atomic E-state index is 0.294. The molecule has 0 bridgehead atoms. The second-order valence-corrected chi connectivity index (χ2v) is 5.28. The first-order valence-electron chi connectivity index (χ1n) is 7.55. The summed E-state index contributed by atoms with van der Waals surface area (Å²) in [6.07, 6.45) is 7.68. The molecule has 1 saturated heterocycles. The van der Waals surface area contributed by atoms with E-state index in [0.29, 0.717) is 24.8 Å². The maximum Gasteiger partial charge on any atom is 0.222 e. The Morgan fingerprint density at radius 2 is 2.30 bits per heavy atom. The van der Waals surface area contributed by atoms with Crippen LogP contribution in [0.4, 0.5) is 0 Å². The van der Waals surface area contributed by atoms with E-state index in [1.807, 2.05) is 22.9 Å². The fourth-order valence-corrected chi connectivity index (χ4v) is 2.25. The van der Waals surface area contributed by atoms with Gasteiger partial charge >= 0.3 is 0 Å². The van der Waals surface area contributed by atoms with E-state index < -0.39 is 0 Å². The minimum Gasteiger partial charge on any atom is -0.370 e. The van der Waals surface area contributed by atoms with Crippen molar-refractivity contribution in [2.45, 2.75) is 38.5 Å². The molecular weight excluding hydrogens is 252 g/mol. The van der Waals surface area contributed by atoms with Crippen LogP contribution in [-0.2, 0) is 4.79 Å². The van der Waals surface area contributed by atoms with E-state index in [-0.39, 0.29) is 0 Å². The standard InChI is InChI=1S/C15H28N4O/c1-3-4-11-18(2)15(16)17-10-8-13-19-12-7-5-6-9-14(19)20/h3H,1,4-13H2,2H3,(H2,16,17). The van der Waals surface area contributed by atoms with Gasteiger partial charge in [0.05, 0.1) is 0 Å². The molecule has 0 aliphatic carbocycles. The van der Waals surface area contributed by atoms with Gasteiger partial charge in [0.1, 0.15) is 0 Å². The molecule has 1 fully saturated rings. The van der Waals surface area contributed by atoms with Crippen LogP contribution < -0.4 is 5.73 Å². The van der Waals surface area contributed by atoms with E-state index in [1.54, 1.807) is 0 Å². The molecule has 0 radical (unpaired) electrons. The first-order valence-corrected chi connectivity index (χ1v) is 7.55. The third-order valence-corrected chi connectivity index (χ3v) is 3.59. The molecule has 0 saturated carbocycles. The van der Waals surface area contributed by atoms with Gasteiger partial charge in [0.2, 0.25) is 5.91 Å². The molecule has 2 N–H and O–H groups in total. The zero-order valence-corrected chi connectivity index (χ0v) is 12.7. The zero-order chi connectivity index (χ0) is 14.8. The number of hydrogen-bond acceptors (Lipinski definition) is 2. The van der Waals surface area contributed by atoms with Crippen molar-refractivity contribution in [2.24, 2.45) is 10.7 Å². The van der Waals surface area contributed by atoms with E-state index in [0.717, 1.165) is 45.3 Å². The Labute approximate surface area is 122 Å². The van der Waals surface area contributed by atoms with Crippen LogP contribution in [-0.4, -0.2) is 54.9 Å². The molecule has 1 rings (SSSR count). The lowest BCUT2D eigenvalue weighted by molar-refractivity contribution is -0.130. The number of nitrogens with two attached hydrogens (primary N) is 1. The fraction of sp³-hybridized carbons (Fsp3) is 0.733. The summed E-state index contributed by atoms with van der Waals surface area (Å²) in [4.78, 5) is 20.1. The van der Waals surface area contributed by atoms with Crippen LogP contribution in [0.3, 0.4) is 0 Å². The Kier molecular flexibility index (Phi) is 7.77. The molecule has 1 aliphatic rings. The lowest BCUT2D eigenvalue weighted by Crippen LogP contribution is -2.35. The van der Waals surface area contributed by atoms with Gasteiger partial charge in [-0.25, -0.2) is 0 Å². The Morgan fingerprint density at radius 3 is 3.05 bits per heavy atom. The fourth-order valence-electron chi connectivity index (χ4n) is 2.25. The Morgan fingerprint density at radius 1 is 1.50 bits per heavy atom. The Balaban J connectivity index is 2.25. The molecule has 0 unspecified atom stereocenters. The van der Waals surface area contributed by atoms with Gasteiger partial charge in [0, 0.05) is 39.6 Å². The predicted octanol–water partition coefficient (Wildman–Crippen LogP) is 1.60. The van der Waals surface area contributed by atoms with Crippen molar-refractivity contribution >= 4 is 11.9 Å². The number of amides is 1. The maximum atomic E-state index is 11.8. The lowest BCUT2D eigenvalue weighted by Gasteiger charge is -2.20. The third kappa shape index (κ3) is 6.08. The molecule has 1 aliphatic heterocycles. The van der Waals surface area contributed by atoms with Gasteiger partial charge in [-0.05, 0) is 25.7 Å². The molecule has 20 heavy (non-hydrogen) atoms. The molecule has 1 amide bonds. The van der Waals surface area contributed by atoms with Crippen LogP contribution in [0.5, 0.6) is 0 Å². The normalized spacial score (nSPS) is 16.9. The molecular formula is C15H28N4O. The number of likely N-dealkylation sites (tertiary alicyclic amines) is 1. The van der Waals surface area contributed by atoms with Crippen LogP contribution in [0, 0.1) is 0 Å². The topological polar surface area (TPSA) is 61.9 Å². The van der Waals surface area contributed by atoms with E-state index >= 15 is 0 Å². The molecule has 114 valence electrons. The quantitative estimate of drug-likeness (QED) is 0.333. The molecule has 0 aromatic rings. The van der Waals surface area contributed by atoms with Gasteiger partial charge in [-0.1, -0.05) is 12.5 Å². The van der Waals surface area contributed by atoms with Gasteiger partial charge in [0.25, 0.3) is 0 Å². The molecule has 0 aromatic heterocycles. The molecule has 0 atom stereocenters. The average molecular weight is 280 g/mol. The maximum absolute atomic E-state index is 11.8. The van der Waals surface area contributed by atoms with Crippen molar-refractivity contribution in [3.8, 4) is 0 Å². The third-order valence-electron chi connectivity index (χ3n) is 3.59. The number of rotatable bonds is 7. The van der Waals surface area contributed by atoms with Crippen molar-refractivity contribution in [3.63, 3.8) is 0 Å². The highest BCUT2D eigenvalue weighted by molar-refractivity contribution is 5.77. The number of aliphatic imine (C=N–C) groups is 1. The lowest BCUT2D eigenvalue weighted by atomic mass is 10.2. The van der Waals surface area contributed by atoms with E-state index in [1.165, 1.54) is 6.42 Å². The Bertz CT molecular complexity index is 341. The van der Waals surface area contributed by atoms with E-state index in [9.17, 15) is 4.79 Å². The SMILES string of the molecule is C=CCCN(C)C(N)=NCCCN1CCCCCC1=O. The van der Waals surface area contributed by atoms with Crippen molar-refractivity contribution in [1.29, 1.82) is 0 Å². The Hall–Kier alpha value is -1.52. The number of hydrogen-bond donors (Lipinski definition) is 1. The smallest absolute Gasteiger partial charge is 0.222 e. The first kappa shape index (κ1) is 16.5. The molecule has 1 heterocycles. The van der Waals surface area contributed by atoms with Crippen LogP contribution in [0.2, 0.25) is 0 Å². The summed E-state index contributed by atoms with van der Waals surface area (Å²) in [6, 6.07) is 0. The summed E-state index contributed by atoms with van der Waals surface area (Å²) >= 11 is 0. The summed E-state index contributed by atoms with van der Waals surface area (Å²) in [7, 11) is 1.93. The molecule has 0 aromatic carbocycles. The second-order valence-electron chi connectivity index (χ2n) is 5.28. The van der Waals surface area contributed by atoms with Crippen LogP contribution in [0.25, 0.3) is 0 Å². The summed E-state index contributed by atoms with van der Waals surface area (Å²) in [5, 5.41) is 0. The highest BCUT2D eigenvalue weighted by atomic mass is 16.2. The predicted molar refractivity (Wildman–Crippen MR) is 83.6 cm³/mol. The van der Waals surface area contributed by atoms with E-state index in [2.05, 4.69) is 11.6 Å². The van der Waals surface area contributed by atoms with Crippen LogP contribution >= 0.6 is 0 Å². The largest absolute Gasteiger partial charge is 0.370 e.